The van der Waals surface area contributed by atoms with Crippen molar-refractivity contribution >= 4 is 28.5 Å². The van der Waals surface area contributed by atoms with Crippen LogP contribution in [0, 0.1) is 5.92 Å². The molecule has 1 aliphatic heterocycles. The minimum Gasteiger partial charge on any atom is -0.422 e. The molecule has 0 spiro atoms. The first-order valence-electron chi connectivity index (χ1n) is 7.32. The number of Topliss-reactive ketones (excluding diaryl/α,β-unsaturated/α-hetero) is 1. The highest BCUT2D eigenvalue weighted by Crippen LogP contribution is 2.26. The van der Waals surface area contributed by atoms with Crippen molar-refractivity contribution < 1.29 is 23.9 Å². The Morgan fingerprint density at radius 3 is 2.30 bits per heavy atom. The van der Waals surface area contributed by atoms with E-state index >= 15 is 0 Å². The van der Waals surface area contributed by atoms with Gasteiger partial charge in [0.2, 0.25) is 5.92 Å². The first-order chi connectivity index (χ1) is 10.9. The average molecular weight is 312 g/mol. The zero-order valence-corrected chi connectivity index (χ0v) is 12.9. The van der Waals surface area contributed by atoms with Crippen LogP contribution in [0.2, 0.25) is 0 Å². The van der Waals surface area contributed by atoms with Crippen molar-refractivity contribution in [2.75, 3.05) is 0 Å². The number of fused-ring (bicyclic) bond motifs is 1. The van der Waals surface area contributed by atoms with Crippen LogP contribution in [0.15, 0.2) is 42.5 Å². The first kappa shape index (κ1) is 15.2. The Bertz CT molecular complexity index is 781. The summed E-state index contributed by atoms with van der Waals surface area (Å²) in [6, 6.07) is 13.2. The number of ether oxygens (including phenoxy) is 2. The number of carbonyl (C=O) groups is 3. The first-order valence-corrected chi connectivity index (χ1v) is 7.32. The zero-order valence-electron chi connectivity index (χ0n) is 12.9. The van der Waals surface area contributed by atoms with E-state index in [1.54, 1.807) is 0 Å². The van der Waals surface area contributed by atoms with E-state index < -0.39 is 29.4 Å². The Morgan fingerprint density at radius 1 is 1.00 bits per heavy atom. The number of rotatable bonds is 3. The third-order valence-corrected chi connectivity index (χ3v) is 3.73. The lowest BCUT2D eigenvalue weighted by Crippen LogP contribution is -2.49. The molecule has 1 saturated heterocycles. The summed E-state index contributed by atoms with van der Waals surface area (Å²) >= 11 is 0. The van der Waals surface area contributed by atoms with Gasteiger partial charge >= 0.3 is 11.9 Å². The van der Waals surface area contributed by atoms with Crippen molar-refractivity contribution in [1.29, 1.82) is 0 Å². The molecule has 0 amide bonds. The van der Waals surface area contributed by atoms with E-state index in [2.05, 4.69) is 0 Å². The predicted octanol–water partition coefficient (Wildman–Crippen LogP) is 2.40. The van der Waals surface area contributed by atoms with Crippen molar-refractivity contribution in [2.24, 2.45) is 5.92 Å². The Hall–Kier alpha value is -2.69. The summed E-state index contributed by atoms with van der Waals surface area (Å²) in [7, 11) is 0. The van der Waals surface area contributed by atoms with Crippen LogP contribution >= 0.6 is 0 Å². The van der Waals surface area contributed by atoms with Crippen LogP contribution in [-0.2, 0) is 30.3 Å². The summed E-state index contributed by atoms with van der Waals surface area (Å²) < 4.78 is 10.0. The van der Waals surface area contributed by atoms with Gasteiger partial charge in [0.05, 0.1) is 0 Å². The topological polar surface area (TPSA) is 69.7 Å². The molecule has 0 aromatic heterocycles. The van der Waals surface area contributed by atoms with Crippen LogP contribution in [0.3, 0.4) is 0 Å². The molecule has 23 heavy (non-hydrogen) atoms. The molecule has 5 nitrogen and oxygen atoms in total. The smallest absolute Gasteiger partial charge is 0.331 e. The van der Waals surface area contributed by atoms with Crippen LogP contribution in [0.4, 0.5) is 0 Å². The van der Waals surface area contributed by atoms with Crippen LogP contribution < -0.4 is 0 Å². The Morgan fingerprint density at radius 2 is 1.61 bits per heavy atom. The molecule has 118 valence electrons. The monoisotopic (exact) mass is 312 g/mol. The summed E-state index contributed by atoms with van der Waals surface area (Å²) in [5.41, 5.74) is 0.763. The molecule has 1 aliphatic rings. The average Bonchev–Trinajstić information content (AvgIpc) is 2.45. The summed E-state index contributed by atoms with van der Waals surface area (Å²) in [5.74, 6) is -5.06. The fourth-order valence-corrected chi connectivity index (χ4v) is 2.72. The van der Waals surface area contributed by atoms with Crippen LogP contribution in [-0.4, -0.2) is 23.5 Å². The predicted molar refractivity (Wildman–Crippen MR) is 82.4 cm³/mol. The van der Waals surface area contributed by atoms with Gasteiger partial charge in [-0.15, -0.1) is 0 Å². The largest absolute Gasteiger partial charge is 0.422 e. The van der Waals surface area contributed by atoms with Gasteiger partial charge in [0.15, 0.2) is 5.78 Å². The molecule has 0 N–H and O–H groups in total. The summed E-state index contributed by atoms with van der Waals surface area (Å²) in [6.45, 7) is 2.91. The van der Waals surface area contributed by atoms with Gasteiger partial charge in [0.25, 0.3) is 5.79 Å². The molecule has 2 aromatic rings. The van der Waals surface area contributed by atoms with E-state index in [1.165, 1.54) is 13.8 Å². The molecule has 0 atom stereocenters. The Labute approximate surface area is 133 Å². The SMILES string of the molecule is CC1(C)OC(=O)C(C(=O)Cc2cccc3ccccc23)C(=O)O1. The second kappa shape index (κ2) is 5.50. The highest BCUT2D eigenvalue weighted by atomic mass is 16.7. The second-order valence-corrected chi connectivity index (χ2v) is 5.96. The molecule has 0 radical (unpaired) electrons. The van der Waals surface area contributed by atoms with Crippen LogP contribution in [0.1, 0.15) is 19.4 Å². The molecule has 1 fully saturated rings. The third-order valence-electron chi connectivity index (χ3n) is 3.73. The lowest BCUT2D eigenvalue weighted by Gasteiger charge is -2.32. The minimum atomic E-state index is -1.51. The number of esters is 2. The van der Waals surface area contributed by atoms with Gasteiger partial charge in [-0.2, -0.15) is 0 Å². The fourth-order valence-electron chi connectivity index (χ4n) is 2.72. The maximum absolute atomic E-state index is 12.4. The number of ketones is 1. The molecule has 2 aromatic carbocycles. The standard InChI is InChI=1S/C18H16O5/c1-18(2)22-16(20)15(17(21)23-18)14(19)10-12-8-5-7-11-6-3-4-9-13(11)12/h3-9,15H,10H2,1-2H3. The number of cyclic esters (lactones) is 2. The van der Waals surface area contributed by atoms with Crippen LogP contribution in [0.25, 0.3) is 10.8 Å². The van der Waals surface area contributed by atoms with Gasteiger partial charge in [-0.1, -0.05) is 42.5 Å². The van der Waals surface area contributed by atoms with Gasteiger partial charge in [0, 0.05) is 20.3 Å². The van der Waals surface area contributed by atoms with E-state index in [0.717, 1.165) is 16.3 Å². The zero-order chi connectivity index (χ0) is 16.6. The third kappa shape index (κ3) is 2.95. The van der Waals surface area contributed by atoms with Gasteiger partial charge in [-0.05, 0) is 16.3 Å². The van der Waals surface area contributed by atoms with E-state index in [9.17, 15) is 14.4 Å². The maximum atomic E-state index is 12.4. The molecule has 3 rings (SSSR count). The van der Waals surface area contributed by atoms with Crippen LogP contribution in [0.5, 0.6) is 0 Å². The van der Waals surface area contributed by atoms with Crippen molar-refractivity contribution in [2.45, 2.75) is 26.1 Å². The van der Waals surface area contributed by atoms with E-state index in [1.807, 2.05) is 42.5 Å². The summed E-state index contributed by atoms with van der Waals surface area (Å²) in [4.78, 5) is 36.4. The summed E-state index contributed by atoms with van der Waals surface area (Å²) in [6.07, 6.45) is -0.0311. The minimum absolute atomic E-state index is 0.0311. The molecule has 0 aliphatic carbocycles. The van der Waals surface area contributed by atoms with Gasteiger partial charge in [-0.25, -0.2) is 0 Å². The van der Waals surface area contributed by atoms with Crippen molar-refractivity contribution in [3.05, 3.63) is 48.0 Å². The number of carbonyl (C=O) groups excluding carboxylic acids is 3. The van der Waals surface area contributed by atoms with Crippen molar-refractivity contribution in [1.82, 2.24) is 0 Å². The highest BCUT2D eigenvalue weighted by molar-refractivity contribution is 6.16. The van der Waals surface area contributed by atoms with Gasteiger partial charge in [-0.3, -0.25) is 14.4 Å². The molecular formula is C18H16O5. The van der Waals surface area contributed by atoms with E-state index in [0.29, 0.717) is 0 Å². The van der Waals surface area contributed by atoms with Crippen molar-refractivity contribution in [3.8, 4) is 0 Å². The van der Waals surface area contributed by atoms with Crippen molar-refractivity contribution in [3.63, 3.8) is 0 Å². The van der Waals surface area contributed by atoms with E-state index in [4.69, 9.17) is 9.47 Å². The van der Waals surface area contributed by atoms with E-state index in [-0.39, 0.29) is 6.42 Å². The molecule has 1 heterocycles. The lowest BCUT2D eigenvalue weighted by molar-refractivity contribution is -0.238. The molecule has 5 heteroatoms. The molecule has 0 saturated carbocycles. The molecule has 0 unspecified atom stereocenters. The number of hydrogen-bond acceptors (Lipinski definition) is 5. The quantitative estimate of drug-likeness (QED) is 0.643. The maximum Gasteiger partial charge on any atom is 0.331 e. The lowest BCUT2D eigenvalue weighted by atomic mass is 9.94. The Balaban J connectivity index is 1.87. The fraction of sp³-hybridized carbons (Fsp3) is 0.278. The molecule has 0 bridgehead atoms. The Kier molecular flexibility index (Phi) is 3.64. The van der Waals surface area contributed by atoms with Gasteiger partial charge < -0.3 is 9.47 Å². The summed E-state index contributed by atoms with van der Waals surface area (Å²) in [5, 5.41) is 1.91. The second-order valence-electron chi connectivity index (χ2n) is 5.96. The number of benzene rings is 2. The normalized spacial score (nSPS) is 17.7. The number of hydrogen-bond donors (Lipinski definition) is 0. The molecular weight excluding hydrogens is 296 g/mol. The van der Waals surface area contributed by atoms with Gasteiger partial charge in [0.1, 0.15) is 0 Å². The highest BCUT2D eigenvalue weighted by Gasteiger charge is 2.46.